The fourth-order valence-electron chi connectivity index (χ4n) is 4.89. The van der Waals surface area contributed by atoms with Crippen molar-refractivity contribution in [1.82, 2.24) is 15.2 Å². The van der Waals surface area contributed by atoms with Gasteiger partial charge in [0.25, 0.3) is 0 Å². The standard InChI is InChI=1S/C28H30F3N7OS/c1-16(36-21-7-4-3-6-20(21)32)35-17(2)38-15-27(38,18-10-12-19(13-11-18)28(29,30)31)14-24(33)39-22-8-5-9-23-25(22)37-26(34)40-23/h3-14,16-17,35-36H,15,32-33H2,1-2H3,(H2,34,37)/b24-14+. The van der Waals surface area contributed by atoms with Crippen LogP contribution in [0, 0.1) is 0 Å². The third-order valence-electron chi connectivity index (χ3n) is 6.83. The molecule has 0 amide bonds. The quantitative estimate of drug-likeness (QED) is 0.0799. The Balaban J connectivity index is 1.40. The average molecular weight is 570 g/mol. The summed E-state index contributed by atoms with van der Waals surface area (Å²) in [5.74, 6) is 0.537. The predicted octanol–water partition coefficient (Wildman–Crippen LogP) is 5.26. The summed E-state index contributed by atoms with van der Waals surface area (Å²) in [5.41, 5.74) is 19.5. The maximum absolute atomic E-state index is 13.3. The zero-order valence-electron chi connectivity index (χ0n) is 21.9. The van der Waals surface area contributed by atoms with Crippen LogP contribution in [0.5, 0.6) is 5.75 Å². The van der Waals surface area contributed by atoms with Crippen molar-refractivity contribution in [1.29, 1.82) is 0 Å². The van der Waals surface area contributed by atoms with Crippen LogP contribution in [0.15, 0.2) is 78.7 Å². The maximum Gasteiger partial charge on any atom is 0.416 e. The molecule has 5 rings (SSSR count). The van der Waals surface area contributed by atoms with Crippen molar-refractivity contribution in [2.75, 3.05) is 23.3 Å². The molecule has 8 N–H and O–H groups in total. The second kappa shape index (κ2) is 10.5. The smallest absolute Gasteiger partial charge is 0.416 e. The van der Waals surface area contributed by atoms with Gasteiger partial charge in [0.05, 0.1) is 39.5 Å². The number of hydrogen-bond donors (Lipinski definition) is 5. The number of ether oxygens (including phenoxy) is 1. The molecule has 40 heavy (non-hydrogen) atoms. The Labute approximate surface area is 233 Å². The van der Waals surface area contributed by atoms with Gasteiger partial charge in [-0.3, -0.25) is 10.2 Å². The third-order valence-corrected chi connectivity index (χ3v) is 7.68. The highest BCUT2D eigenvalue weighted by Gasteiger charge is 2.54. The van der Waals surface area contributed by atoms with E-state index < -0.39 is 17.3 Å². The van der Waals surface area contributed by atoms with Crippen LogP contribution in [0.4, 0.5) is 29.7 Å². The number of rotatable bonds is 9. The first-order chi connectivity index (χ1) is 19.0. The minimum absolute atomic E-state index is 0.0944. The van der Waals surface area contributed by atoms with Gasteiger partial charge >= 0.3 is 6.18 Å². The van der Waals surface area contributed by atoms with Crippen molar-refractivity contribution in [3.05, 3.63) is 89.8 Å². The van der Waals surface area contributed by atoms with Gasteiger partial charge in [0.2, 0.25) is 0 Å². The van der Waals surface area contributed by atoms with Crippen molar-refractivity contribution in [2.45, 2.75) is 37.9 Å². The summed E-state index contributed by atoms with van der Waals surface area (Å²) in [7, 11) is 0. The van der Waals surface area contributed by atoms with Crippen LogP contribution in [-0.4, -0.2) is 28.8 Å². The van der Waals surface area contributed by atoms with Crippen LogP contribution >= 0.6 is 11.3 Å². The Morgan fingerprint density at radius 2 is 1.80 bits per heavy atom. The predicted molar refractivity (Wildman–Crippen MR) is 153 cm³/mol. The number of nitrogen functional groups attached to an aromatic ring is 2. The molecule has 4 aromatic rings. The number of anilines is 3. The molecular weight excluding hydrogens is 539 g/mol. The zero-order valence-corrected chi connectivity index (χ0v) is 22.7. The van der Waals surface area contributed by atoms with Gasteiger partial charge in [-0.05, 0) is 55.8 Å². The van der Waals surface area contributed by atoms with Gasteiger partial charge in [-0.25, -0.2) is 4.98 Å². The number of nitrogens with two attached hydrogens (primary N) is 3. The molecule has 8 nitrogen and oxygen atoms in total. The van der Waals surface area contributed by atoms with Crippen molar-refractivity contribution in [3.8, 4) is 5.75 Å². The van der Waals surface area contributed by atoms with E-state index in [1.165, 1.54) is 23.5 Å². The van der Waals surface area contributed by atoms with E-state index in [9.17, 15) is 13.2 Å². The van der Waals surface area contributed by atoms with Crippen molar-refractivity contribution >= 4 is 38.1 Å². The first-order valence-electron chi connectivity index (χ1n) is 12.6. The third kappa shape index (κ3) is 5.64. The summed E-state index contributed by atoms with van der Waals surface area (Å²) >= 11 is 1.33. The summed E-state index contributed by atoms with van der Waals surface area (Å²) in [6.07, 6.45) is -3.07. The molecule has 4 unspecified atom stereocenters. The monoisotopic (exact) mass is 569 g/mol. The van der Waals surface area contributed by atoms with Crippen LogP contribution in [0.1, 0.15) is 25.0 Å². The SMILES string of the molecule is CC(Nc1ccccc1N)NC(C)N1CC1(/C=C(\N)Oc1cccc2sc(N)nc12)c1ccc(C(F)(F)F)cc1. The molecule has 0 bridgehead atoms. The number of nitrogens with zero attached hydrogens (tertiary/aromatic N) is 2. The number of nitrogens with one attached hydrogen (secondary N) is 2. The number of aromatic nitrogens is 1. The summed E-state index contributed by atoms with van der Waals surface area (Å²) in [6.45, 7) is 4.44. The van der Waals surface area contributed by atoms with Gasteiger partial charge in [-0.15, -0.1) is 0 Å². The molecule has 0 spiro atoms. The Hall–Kier alpha value is -4.00. The van der Waals surface area contributed by atoms with Crippen LogP contribution in [0.2, 0.25) is 0 Å². The molecule has 210 valence electrons. The topological polar surface area (TPSA) is 127 Å². The van der Waals surface area contributed by atoms with Crippen LogP contribution < -0.4 is 32.6 Å². The van der Waals surface area contributed by atoms with Gasteiger partial charge < -0.3 is 27.3 Å². The fourth-order valence-corrected chi connectivity index (χ4v) is 5.65. The lowest BCUT2D eigenvalue weighted by Gasteiger charge is -2.26. The highest BCUT2D eigenvalue weighted by molar-refractivity contribution is 7.22. The molecular formula is C28H30F3N7OS. The van der Waals surface area contributed by atoms with Gasteiger partial charge in [0.1, 0.15) is 5.52 Å². The van der Waals surface area contributed by atoms with Crippen molar-refractivity contribution in [3.63, 3.8) is 0 Å². The molecule has 1 saturated heterocycles. The Kier molecular flexibility index (Phi) is 7.25. The Morgan fingerprint density at radius 3 is 2.50 bits per heavy atom. The van der Waals surface area contributed by atoms with Crippen molar-refractivity contribution in [2.24, 2.45) is 5.73 Å². The highest BCUT2D eigenvalue weighted by atomic mass is 32.1. The molecule has 4 atom stereocenters. The van der Waals surface area contributed by atoms with Gasteiger partial charge in [0.15, 0.2) is 16.8 Å². The van der Waals surface area contributed by atoms with E-state index in [0.717, 1.165) is 22.5 Å². The summed E-state index contributed by atoms with van der Waals surface area (Å²) in [5, 5.41) is 7.22. The van der Waals surface area contributed by atoms with Crippen LogP contribution in [0.25, 0.3) is 10.2 Å². The van der Waals surface area contributed by atoms with E-state index in [0.29, 0.717) is 34.2 Å². The minimum Gasteiger partial charge on any atom is -0.440 e. The van der Waals surface area contributed by atoms with Gasteiger partial charge in [0, 0.05) is 12.6 Å². The average Bonchev–Trinajstić information content (AvgIpc) is 3.48. The van der Waals surface area contributed by atoms with Crippen molar-refractivity contribution < 1.29 is 17.9 Å². The maximum atomic E-state index is 13.3. The molecule has 2 heterocycles. The number of benzene rings is 3. The summed E-state index contributed by atoms with van der Waals surface area (Å²) in [6, 6.07) is 18.0. The molecule has 1 aromatic heterocycles. The van der Waals surface area contributed by atoms with E-state index in [1.807, 2.05) is 50.2 Å². The van der Waals surface area contributed by atoms with Gasteiger partial charge in [-0.1, -0.05) is 41.7 Å². The van der Waals surface area contributed by atoms with Gasteiger partial charge in [-0.2, -0.15) is 13.2 Å². The number of para-hydroxylation sites is 3. The number of halogens is 3. The molecule has 1 aliphatic rings. The lowest BCUT2D eigenvalue weighted by molar-refractivity contribution is -0.137. The second-order valence-corrected chi connectivity index (χ2v) is 10.8. The summed E-state index contributed by atoms with van der Waals surface area (Å²) < 4.78 is 46.6. The van der Waals surface area contributed by atoms with E-state index in [2.05, 4.69) is 20.5 Å². The number of alkyl halides is 3. The Morgan fingerprint density at radius 1 is 1.07 bits per heavy atom. The first-order valence-corrected chi connectivity index (χ1v) is 13.4. The first kappa shape index (κ1) is 27.6. The van der Waals surface area contributed by atoms with E-state index in [4.69, 9.17) is 21.9 Å². The minimum atomic E-state index is -4.43. The van der Waals surface area contributed by atoms with Crippen LogP contribution in [0.3, 0.4) is 0 Å². The zero-order chi connectivity index (χ0) is 28.7. The van der Waals surface area contributed by atoms with Crippen LogP contribution in [-0.2, 0) is 11.7 Å². The largest absolute Gasteiger partial charge is 0.440 e. The lowest BCUT2D eigenvalue weighted by Crippen LogP contribution is -2.45. The molecule has 1 fully saturated rings. The summed E-state index contributed by atoms with van der Waals surface area (Å²) in [4.78, 5) is 6.41. The van der Waals surface area contributed by atoms with E-state index >= 15 is 0 Å². The number of thiazole rings is 1. The van der Waals surface area contributed by atoms with E-state index in [1.54, 1.807) is 12.1 Å². The fraction of sp³-hybridized carbons (Fsp3) is 0.250. The molecule has 1 aliphatic heterocycles. The molecule has 0 aliphatic carbocycles. The Bertz CT molecular complexity index is 1540. The molecule has 0 saturated carbocycles. The number of fused-ring (bicyclic) bond motifs is 1. The lowest BCUT2D eigenvalue weighted by atomic mass is 9.97. The normalized spacial score (nSPS) is 20.7. The number of hydrogen-bond acceptors (Lipinski definition) is 9. The second-order valence-electron chi connectivity index (χ2n) is 9.73. The van der Waals surface area contributed by atoms with E-state index in [-0.39, 0.29) is 18.2 Å². The molecule has 12 heteroatoms. The molecule has 0 radical (unpaired) electrons. The highest BCUT2D eigenvalue weighted by Crippen LogP contribution is 2.47. The molecule has 3 aromatic carbocycles.